The fourth-order valence-electron chi connectivity index (χ4n) is 6.37. The van der Waals surface area contributed by atoms with Crippen molar-refractivity contribution in [3.05, 3.63) is 63.9 Å². The number of nitrogens with zero attached hydrogens (tertiary/aromatic N) is 6. The number of benzene rings is 1. The first-order chi connectivity index (χ1) is 20.1. The highest BCUT2D eigenvalue weighted by Crippen LogP contribution is 2.43. The number of fused-ring (bicyclic) bond motifs is 3. The summed E-state index contributed by atoms with van der Waals surface area (Å²) in [6.07, 6.45) is 5.78. The van der Waals surface area contributed by atoms with Crippen LogP contribution in [0.1, 0.15) is 53.6 Å². The summed E-state index contributed by atoms with van der Waals surface area (Å²) in [5.74, 6) is 0.197. The lowest BCUT2D eigenvalue weighted by atomic mass is 9.97. The van der Waals surface area contributed by atoms with Crippen LogP contribution in [0.3, 0.4) is 0 Å². The van der Waals surface area contributed by atoms with Crippen molar-refractivity contribution >= 4 is 50.2 Å². The molecular formula is C30H30BrN7O4. The Bertz CT molecular complexity index is 1740. The molecule has 2 N–H and O–H groups in total. The number of aliphatic hydroxyl groups is 1. The molecule has 1 aliphatic carbocycles. The molecule has 1 saturated carbocycles. The Morgan fingerprint density at radius 3 is 2.55 bits per heavy atom. The van der Waals surface area contributed by atoms with Gasteiger partial charge in [0.15, 0.2) is 11.6 Å². The van der Waals surface area contributed by atoms with E-state index < -0.39 is 6.04 Å². The Kier molecular flexibility index (Phi) is 7.36. The Morgan fingerprint density at radius 2 is 1.83 bits per heavy atom. The Morgan fingerprint density at radius 1 is 1.07 bits per heavy atom. The van der Waals surface area contributed by atoms with E-state index >= 15 is 0 Å². The third-order valence-corrected chi connectivity index (χ3v) is 8.72. The number of ketones is 1. The summed E-state index contributed by atoms with van der Waals surface area (Å²) in [4.78, 5) is 54.6. The first-order valence-corrected chi connectivity index (χ1v) is 14.6. The van der Waals surface area contributed by atoms with Gasteiger partial charge in [0.05, 0.1) is 5.52 Å². The molecule has 2 fully saturated rings. The molecule has 2 bridgehead atoms. The summed E-state index contributed by atoms with van der Waals surface area (Å²) in [5.41, 5.74) is 4.14. The first kappa shape index (κ1) is 28.1. The molecule has 2 amide bonds. The molecule has 216 valence electrons. The number of hydrogen-bond acceptors (Lipinski definition) is 8. The van der Waals surface area contributed by atoms with Crippen molar-refractivity contribution in [2.45, 2.75) is 65.3 Å². The van der Waals surface area contributed by atoms with Crippen molar-refractivity contribution < 1.29 is 19.5 Å². The lowest BCUT2D eigenvalue weighted by molar-refractivity contribution is -0.141. The minimum atomic E-state index is -0.597. The fraction of sp³-hybridized carbons (Fsp3) is 0.367. The number of likely N-dealkylation sites (tertiary alicyclic amines) is 1. The minimum Gasteiger partial charge on any atom is -0.388 e. The van der Waals surface area contributed by atoms with Crippen LogP contribution >= 0.6 is 15.9 Å². The summed E-state index contributed by atoms with van der Waals surface area (Å²) in [6.45, 7) is 4.88. The smallest absolute Gasteiger partial charge is 0.248 e. The average Bonchev–Trinajstić information content (AvgIpc) is 3.69. The van der Waals surface area contributed by atoms with Crippen molar-refractivity contribution in [1.82, 2.24) is 29.6 Å². The van der Waals surface area contributed by atoms with Crippen molar-refractivity contribution in [2.24, 2.45) is 5.92 Å². The van der Waals surface area contributed by atoms with Crippen molar-refractivity contribution in [3.63, 3.8) is 0 Å². The van der Waals surface area contributed by atoms with Gasteiger partial charge in [0.25, 0.3) is 0 Å². The van der Waals surface area contributed by atoms with Crippen molar-refractivity contribution in [3.8, 4) is 11.1 Å². The van der Waals surface area contributed by atoms with Crippen molar-refractivity contribution in [1.29, 1.82) is 0 Å². The van der Waals surface area contributed by atoms with Gasteiger partial charge in [-0.3, -0.25) is 19.1 Å². The molecule has 6 rings (SSSR count). The van der Waals surface area contributed by atoms with Crippen LogP contribution in [0.5, 0.6) is 0 Å². The summed E-state index contributed by atoms with van der Waals surface area (Å²) in [5, 5.41) is 17.4. The van der Waals surface area contributed by atoms with Crippen LogP contribution in [-0.4, -0.2) is 64.4 Å². The molecule has 12 heteroatoms. The first-order valence-electron chi connectivity index (χ1n) is 13.8. The molecule has 3 atom stereocenters. The quantitative estimate of drug-likeness (QED) is 0.230. The van der Waals surface area contributed by atoms with Crippen LogP contribution < -0.4 is 5.32 Å². The van der Waals surface area contributed by atoms with Gasteiger partial charge in [0.1, 0.15) is 35.3 Å². The van der Waals surface area contributed by atoms with E-state index in [2.05, 4.69) is 41.3 Å². The number of halogens is 1. The van der Waals surface area contributed by atoms with Crippen molar-refractivity contribution in [2.75, 3.05) is 5.32 Å². The zero-order chi connectivity index (χ0) is 29.7. The molecule has 1 saturated heterocycles. The van der Waals surface area contributed by atoms with Crippen LogP contribution in [0.15, 0.2) is 41.3 Å². The topological polar surface area (TPSA) is 143 Å². The lowest BCUT2D eigenvalue weighted by Gasteiger charge is -2.34. The van der Waals surface area contributed by atoms with Crippen LogP contribution in [0.2, 0.25) is 0 Å². The number of aromatic nitrogens is 5. The molecule has 0 spiro atoms. The predicted molar refractivity (Wildman–Crippen MR) is 158 cm³/mol. The number of carbonyl (C=O) groups is 3. The van der Waals surface area contributed by atoms with E-state index in [-0.39, 0.29) is 48.4 Å². The summed E-state index contributed by atoms with van der Waals surface area (Å²) >= 11 is 3.36. The van der Waals surface area contributed by atoms with Crippen LogP contribution in [0.4, 0.5) is 5.82 Å². The van der Waals surface area contributed by atoms with E-state index in [1.54, 1.807) is 22.0 Å². The van der Waals surface area contributed by atoms with Gasteiger partial charge in [0, 0.05) is 36.3 Å². The number of hydrogen-bond donors (Lipinski definition) is 2. The molecule has 1 aromatic carbocycles. The van der Waals surface area contributed by atoms with Gasteiger partial charge in [0.2, 0.25) is 11.8 Å². The summed E-state index contributed by atoms with van der Waals surface area (Å²) < 4.78 is 2.20. The normalized spacial score (nSPS) is 19.5. The largest absolute Gasteiger partial charge is 0.388 e. The number of aryl methyl sites for hydroxylation is 2. The van der Waals surface area contributed by atoms with Crippen LogP contribution in [-0.2, 0) is 22.7 Å². The number of Topliss-reactive ketones (excluding diaryl/α,β-unsaturated/α-hetero) is 1. The molecular weight excluding hydrogens is 602 g/mol. The molecule has 3 aromatic heterocycles. The number of nitrogens with one attached hydrogen (secondary N) is 1. The summed E-state index contributed by atoms with van der Waals surface area (Å²) in [7, 11) is 0. The molecule has 1 aliphatic heterocycles. The molecule has 4 aromatic rings. The number of pyridine rings is 1. The van der Waals surface area contributed by atoms with Gasteiger partial charge in [-0.2, -0.15) is 5.10 Å². The van der Waals surface area contributed by atoms with Gasteiger partial charge in [-0.05, 0) is 89.8 Å². The highest BCUT2D eigenvalue weighted by molar-refractivity contribution is 9.10. The van der Waals surface area contributed by atoms with Gasteiger partial charge < -0.3 is 15.3 Å². The molecule has 2 unspecified atom stereocenters. The SMILES string of the molecule is CC(=O)c1nn(CC(=O)N2C3CCC(C3)[C@H]2C(=O)Nc2nc(Br)ccc2C)c2c(C)cc(-c3cnc(CO)nc3)cc12. The number of piperidine rings is 1. The third kappa shape index (κ3) is 4.98. The zero-order valence-corrected chi connectivity index (χ0v) is 25.1. The Balaban J connectivity index is 1.31. The number of rotatable bonds is 7. The second-order valence-corrected chi connectivity index (χ2v) is 11.9. The van der Waals surface area contributed by atoms with Gasteiger partial charge in [-0.25, -0.2) is 15.0 Å². The highest BCUT2D eigenvalue weighted by Gasteiger charge is 2.51. The molecule has 0 radical (unpaired) electrons. The van der Waals surface area contributed by atoms with Gasteiger partial charge in [-0.1, -0.05) is 6.07 Å². The maximum Gasteiger partial charge on any atom is 0.248 e. The van der Waals surface area contributed by atoms with Gasteiger partial charge in [-0.15, -0.1) is 0 Å². The van der Waals surface area contributed by atoms with E-state index in [1.165, 1.54) is 6.92 Å². The van der Waals surface area contributed by atoms with Crippen LogP contribution in [0.25, 0.3) is 22.0 Å². The zero-order valence-electron chi connectivity index (χ0n) is 23.5. The number of aliphatic hydroxyl groups excluding tert-OH is 1. The second-order valence-electron chi connectivity index (χ2n) is 11.1. The molecule has 11 nitrogen and oxygen atoms in total. The van der Waals surface area contributed by atoms with Crippen LogP contribution in [0, 0.1) is 19.8 Å². The maximum atomic E-state index is 13.9. The average molecular weight is 633 g/mol. The second kappa shape index (κ2) is 11.0. The standard InChI is InChI=1S/C30H30BrN7O4/c1-15-4-7-23(31)34-29(15)35-30(42)28-18-5-6-21(9-18)38(28)25(41)13-37-27-16(2)8-19(10-22(27)26(36-37)17(3)40)20-11-32-24(14-39)33-12-20/h4,7-8,10-12,18,21,28,39H,5-6,9,13-14H2,1-3H3,(H,34,35,42)/t18?,21?,28-/m0/s1. The van der Waals surface area contributed by atoms with E-state index in [9.17, 15) is 19.5 Å². The molecule has 2 aliphatic rings. The monoisotopic (exact) mass is 631 g/mol. The van der Waals surface area contributed by atoms with E-state index in [0.29, 0.717) is 27.1 Å². The Hall–Kier alpha value is -4.03. The summed E-state index contributed by atoms with van der Waals surface area (Å²) in [6, 6.07) is 6.86. The highest BCUT2D eigenvalue weighted by atomic mass is 79.9. The maximum absolute atomic E-state index is 13.9. The minimum absolute atomic E-state index is 0.0153. The number of amides is 2. The van der Waals surface area contributed by atoms with E-state index in [4.69, 9.17) is 0 Å². The van der Waals surface area contributed by atoms with E-state index in [0.717, 1.165) is 41.5 Å². The van der Waals surface area contributed by atoms with Gasteiger partial charge >= 0.3 is 0 Å². The third-order valence-electron chi connectivity index (χ3n) is 8.28. The Labute approximate surface area is 250 Å². The fourth-order valence-corrected chi connectivity index (χ4v) is 6.68. The molecule has 42 heavy (non-hydrogen) atoms. The number of carbonyl (C=O) groups excluding carboxylic acids is 3. The lowest BCUT2D eigenvalue weighted by Crippen LogP contribution is -2.52. The number of anilines is 1. The molecule has 4 heterocycles. The predicted octanol–water partition coefficient (Wildman–Crippen LogP) is 3.98. The van der Waals surface area contributed by atoms with E-state index in [1.807, 2.05) is 38.1 Å².